The van der Waals surface area contributed by atoms with E-state index in [1.54, 1.807) is 0 Å². The molecule has 92 valence electrons. The molecule has 6 heteroatoms. The number of nitrogens with zero attached hydrogens (tertiary/aromatic N) is 1. The molecule has 0 bridgehead atoms. The van der Waals surface area contributed by atoms with Crippen LogP contribution in [0.1, 0.15) is 6.42 Å². The third-order valence-electron chi connectivity index (χ3n) is 2.82. The second kappa shape index (κ2) is 4.62. The smallest absolute Gasteiger partial charge is 0.227 e. The molecule has 4 nitrogen and oxygen atoms in total. The Morgan fingerprint density at radius 2 is 2.29 bits per heavy atom. The fourth-order valence-corrected chi connectivity index (χ4v) is 2.28. The van der Waals surface area contributed by atoms with E-state index in [4.69, 9.17) is 10.8 Å². The first-order valence-corrected chi connectivity index (χ1v) is 5.98. The van der Waals surface area contributed by atoms with Crippen molar-refractivity contribution < 1.29 is 14.3 Å². The van der Waals surface area contributed by atoms with Crippen molar-refractivity contribution in [2.24, 2.45) is 5.92 Å². The van der Waals surface area contributed by atoms with Crippen molar-refractivity contribution in [3.63, 3.8) is 0 Å². The molecule has 1 heterocycles. The van der Waals surface area contributed by atoms with E-state index in [1.165, 1.54) is 17.0 Å². The summed E-state index contributed by atoms with van der Waals surface area (Å²) in [6.45, 7) is 0.321. The number of halogens is 2. The highest BCUT2D eigenvalue weighted by molar-refractivity contribution is 9.10. The summed E-state index contributed by atoms with van der Waals surface area (Å²) in [6, 6.07) is 2.67. The van der Waals surface area contributed by atoms with Crippen molar-refractivity contribution in [3.05, 3.63) is 22.4 Å². The Morgan fingerprint density at radius 3 is 2.88 bits per heavy atom. The molecule has 1 fully saturated rings. The first-order chi connectivity index (χ1) is 8.02. The molecule has 0 aromatic heterocycles. The first-order valence-electron chi connectivity index (χ1n) is 5.18. The second-order valence-corrected chi connectivity index (χ2v) is 4.94. The molecule has 1 aromatic carbocycles. The number of aliphatic hydroxyl groups excluding tert-OH is 1. The van der Waals surface area contributed by atoms with E-state index in [2.05, 4.69) is 15.9 Å². The SMILES string of the molecule is Nc1cc(Br)c(F)cc1N1CC(CO)CC1=O. The van der Waals surface area contributed by atoms with E-state index in [-0.39, 0.29) is 29.3 Å². The maximum absolute atomic E-state index is 13.4. The van der Waals surface area contributed by atoms with Gasteiger partial charge in [0, 0.05) is 31.6 Å². The average Bonchev–Trinajstić information content (AvgIpc) is 2.65. The molecule has 3 N–H and O–H groups in total. The van der Waals surface area contributed by atoms with Crippen LogP contribution in [0.15, 0.2) is 16.6 Å². The van der Waals surface area contributed by atoms with Gasteiger partial charge < -0.3 is 15.7 Å². The summed E-state index contributed by atoms with van der Waals surface area (Å²) in [4.78, 5) is 13.1. The van der Waals surface area contributed by atoms with Gasteiger partial charge in [0.1, 0.15) is 5.82 Å². The third-order valence-corrected chi connectivity index (χ3v) is 3.43. The minimum atomic E-state index is -0.463. The number of carbonyl (C=O) groups excluding carboxylic acids is 1. The topological polar surface area (TPSA) is 66.6 Å². The average molecular weight is 303 g/mol. The molecule has 1 aliphatic heterocycles. The van der Waals surface area contributed by atoms with E-state index >= 15 is 0 Å². The number of aliphatic hydroxyl groups is 1. The van der Waals surface area contributed by atoms with E-state index in [1.807, 2.05) is 0 Å². The summed E-state index contributed by atoms with van der Waals surface area (Å²) in [6.07, 6.45) is 0.271. The lowest BCUT2D eigenvalue weighted by molar-refractivity contribution is -0.117. The van der Waals surface area contributed by atoms with Gasteiger partial charge >= 0.3 is 0 Å². The van der Waals surface area contributed by atoms with Gasteiger partial charge in [-0.25, -0.2) is 4.39 Å². The Labute approximate surface area is 106 Å². The Morgan fingerprint density at radius 1 is 1.59 bits per heavy atom. The summed E-state index contributed by atoms with van der Waals surface area (Å²) in [5.41, 5.74) is 6.47. The van der Waals surface area contributed by atoms with Crippen molar-refractivity contribution in [2.45, 2.75) is 6.42 Å². The fraction of sp³-hybridized carbons (Fsp3) is 0.364. The number of hydrogen-bond donors (Lipinski definition) is 2. The maximum atomic E-state index is 13.4. The van der Waals surface area contributed by atoms with Gasteiger partial charge in [0.2, 0.25) is 5.91 Å². The Bertz CT molecular complexity index is 467. The highest BCUT2D eigenvalue weighted by atomic mass is 79.9. The number of hydrogen-bond acceptors (Lipinski definition) is 3. The lowest BCUT2D eigenvalue weighted by Gasteiger charge is -2.19. The van der Waals surface area contributed by atoms with Crippen LogP contribution in [-0.2, 0) is 4.79 Å². The quantitative estimate of drug-likeness (QED) is 0.814. The first kappa shape index (κ1) is 12.3. The standard InChI is InChI=1S/C11H12BrFN2O2/c12-7-2-9(14)10(3-8(7)13)15-4-6(5-16)1-11(15)17/h2-3,6,16H,1,4-5,14H2. The summed E-state index contributed by atoms with van der Waals surface area (Å²) in [7, 11) is 0. The number of nitrogens with two attached hydrogens (primary N) is 1. The van der Waals surface area contributed by atoms with E-state index in [9.17, 15) is 9.18 Å². The lowest BCUT2D eigenvalue weighted by Crippen LogP contribution is -2.26. The minimum absolute atomic E-state index is 0.0544. The highest BCUT2D eigenvalue weighted by Crippen LogP contribution is 2.33. The highest BCUT2D eigenvalue weighted by Gasteiger charge is 2.31. The number of nitrogen functional groups attached to an aromatic ring is 1. The number of carbonyl (C=O) groups is 1. The number of benzene rings is 1. The molecule has 1 amide bonds. The van der Waals surface area contributed by atoms with Crippen LogP contribution in [0.5, 0.6) is 0 Å². The maximum Gasteiger partial charge on any atom is 0.227 e. The molecule has 1 saturated heterocycles. The zero-order valence-corrected chi connectivity index (χ0v) is 10.6. The number of rotatable bonds is 2. The van der Waals surface area contributed by atoms with Gasteiger partial charge in [0.05, 0.1) is 15.8 Å². The van der Waals surface area contributed by atoms with Gasteiger partial charge in [-0.2, -0.15) is 0 Å². The molecular weight excluding hydrogens is 291 g/mol. The Hall–Kier alpha value is -1.14. The van der Waals surface area contributed by atoms with Gasteiger partial charge in [-0.05, 0) is 22.0 Å². The van der Waals surface area contributed by atoms with Gasteiger partial charge in [-0.1, -0.05) is 0 Å². The van der Waals surface area contributed by atoms with E-state index < -0.39 is 5.82 Å². The predicted molar refractivity (Wildman–Crippen MR) is 66.1 cm³/mol. The van der Waals surface area contributed by atoms with Gasteiger partial charge in [0.15, 0.2) is 0 Å². The van der Waals surface area contributed by atoms with E-state index in [0.717, 1.165) is 0 Å². The summed E-state index contributed by atoms with van der Waals surface area (Å²) >= 11 is 3.03. The molecule has 0 aliphatic carbocycles. The van der Waals surface area contributed by atoms with Crippen LogP contribution in [-0.4, -0.2) is 24.2 Å². The molecule has 1 aliphatic rings. The molecular formula is C11H12BrFN2O2. The van der Waals surface area contributed by atoms with Crippen molar-refractivity contribution in [3.8, 4) is 0 Å². The van der Waals surface area contributed by atoms with Crippen molar-refractivity contribution in [2.75, 3.05) is 23.8 Å². The summed E-state index contributed by atoms with van der Waals surface area (Å²) < 4.78 is 13.7. The third kappa shape index (κ3) is 2.28. The van der Waals surface area contributed by atoms with Crippen molar-refractivity contribution >= 4 is 33.2 Å². The molecule has 1 atom stereocenters. The van der Waals surface area contributed by atoms with Crippen molar-refractivity contribution in [1.29, 1.82) is 0 Å². The fourth-order valence-electron chi connectivity index (χ4n) is 1.92. The monoisotopic (exact) mass is 302 g/mol. The zero-order valence-electron chi connectivity index (χ0n) is 8.99. The second-order valence-electron chi connectivity index (χ2n) is 4.08. The minimum Gasteiger partial charge on any atom is -0.397 e. The number of anilines is 2. The Balaban J connectivity index is 2.35. The molecule has 1 unspecified atom stereocenters. The normalized spacial score (nSPS) is 20.1. The number of amides is 1. The van der Waals surface area contributed by atoms with E-state index in [0.29, 0.717) is 17.9 Å². The summed E-state index contributed by atoms with van der Waals surface area (Å²) in [5, 5.41) is 9.02. The van der Waals surface area contributed by atoms with Crippen LogP contribution in [0.2, 0.25) is 0 Å². The van der Waals surface area contributed by atoms with Crippen molar-refractivity contribution in [1.82, 2.24) is 0 Å². The molecule has 2 rings (SSSR count). The summed E-state index contributed by atoms with van der Waals surface area (Å²) in [5.74, 6) is -0.708. The molecule has 17 heavy (non-hydrogen) atoms. The predicted octanol–water partition coefficient (Wildman–Crippen LogP) is 1.52. The molecule has 0 saturated carbocycles. The van der Waals surface area contributed by atoms with Crippen LogP contribution in [0, 0.1) is 11.7 Å². The van der Waals surface area contributed by atoms with Gasteiger partial charge in [-0.3, -0.25) is 4.79 Å². The molecule has 0 spiro atoms. The van der Waals surface area contributed by atoms with Crippen LogP contribution in [0.25, 0.3) is 0 Å². The van der Waals surface area contributed by atoms with Crippen LogP contribution < -0.4 is 10.6 Å². The van der Waals surface area contributed by atoms with Gasteiger partial charge in [0.25, 0.3) is 0 Å². The lowest BCUT2D eigenvalue weighted by atomic mass is 10.1. The Kier molecular flexibility index (Phi) is 3.35. The zero-order chi connectivity index (χ0) is 12.6. The van der Waals surface area contributed by atoms with Gasteiger partial charge in [-0.15, -0.1) is 0 Å². The van der Waals surface area contributed by atoms with Crippen LogP contribution >= 0.6 is 15.9 Å². The molecule has 0 radical (unpaired) electrons. The van der Waals surface area contributed by atoms with Crippen LogP contribution in [0.4, 0.5) is 15.8 Å². The molecule has 1 aromatic rings. The van der Waals surface area contributed by atoms with Crippen LogP contribution in [0.3, 0.4) is 0 Å². The largest absolute Gasteiger partial charge is 0.397 e.